The van der Waals surface area contributed by atoms with Gasteiger partial charge in [-0.25, -0.2) is 8.42 Å². The van der Waals surface area contributed by atoms with E-state index < -0.39 is 21.4 Å². The monoisotopic (exact) mass is 475 g/mol. The summed E-state index contributed by atoms with van der Waals surface area (Å²) in [6.45, 7) is 2.59. The molecule has 3 aromatic rings. The molecule has 7 nitrogen and oxygen atoms in total. The number of unbranched alkanes of at least 4 members (excludes halogenated alkanes) is 3. The molecule has 0 spiro atoms. The van der Waals surface area contributed by atoms with E-state index in [1.165, 1.54) is 31.4 Å². The number of hydrogen-bond donors (Lipinski definition) is 2. The number of halogens is 1. The molecule has 1 aromatic heterocycles. The molecule has 0 fully saturated rings. The van der Waals surface area contributed by atoms with Gasteiger partial charge < -0.3 is 10.3 Å². The molecule has 0 aliphatic carbocycles. The molecule has 1 amide bonds. The number of amides is 1. The molecule has 2 aromatic carbocycles. The van der Waals surface area contributed by atoms with Crippen LogP contribution in [0.4, 0.5) is 5.69 Å². The van der Waals surface area contributed by atoms with Crippen molar-refractivity contribution in [1.82, 2.24) is 10.3 Å². The summed E-state index contributed by atoms with van der Waals surface area (Å²) in [5, 5.41) is 3.38. The molecule has 0 saturated carbocycles. The van der Waals surface area contributed by atoms with E-state index in [1.54, 1.807) is 24.3 Å². The van der Waals surface area contributed by atoms with Gasteiger partial charge in [-0.1, -0.05) is 37.8 Å². The van der Waals surface area contributed by atoms with Crippen molar-refractivity contribution in [2.45, 2.75) is 37.5 Å². The number of hydrogen-bond acceptors (Lipinski definition) is 4. The molecule has 0 unspecified atom stereocenters. The molecule has 0 atom stereocenters. The lowest BCUT2D eigenvalue weighted by Crippen LogP contribution is -2.30. The molecule has 0 radical (unpaired) electrons. The quantitative estimate of drug-likeness (QED) is 0.450. The first kappa shape index (κ1) is 23.8. The van der Waals surface area contributed by atoms with Crippen LogP contribution in [0.25, 0.3) is 10.9 Å². The number of pyridine rings is 1. The Morgan fingerprint density at radius 2 is 1.81 bits per heavy atom. The lowest BCUT2D eigenvalue weighted by atomic mass is 10.1. The summed E-state index contributed by atoms with van der Waals surface area (Å²) in [7, 11) is -2.51. The van der Waals surface area contributed by atoms with Crippen molar-refractivity contribution in [3.8, 4) is 0 Å². The van der Waals surface area contributed by atoms with E-state index in [-0.39, 0.29) is 15.8 Å². The standard InChI is InChI=1S/C23H26ClN3O4S/c1-3-4-5-6-13-25-23(29)20-15-26-21-12-11-18(14-19(21)22(20)28)32(30,31)27(2)17-9-7-16(24)8-10-17/h7-12,14-15H,3-6,13H2,1-2H3,(H,25,29)(H,26,28). The third-order valence-electron chi connectivity index (χ3n) is 5.26. The number of nitrogens with zero attached hydrogens (tertiary/aromatic N) is 1. The maximum Gasteiger partial charge on any atom is 0.264 e. The molecule has 0 aliphatic rings. The summed E-state index contributed by atoms with van der Waals surface area (Å²) in [4.78, 5) is 28.3. The van der Waals surface area contributed by atoms with Crippen molar-refractivity contribution in [3.05, 3.63) is 69.5 Å². The average molecular weight is 476 g/mol. The second-order valence-electron chi connectivity index (χ2n) is 7.50. The molecule has 32 heavy (non-hydrogen) atoms. The summed E-state index contributed by atoms with van der Waals surface area (Å²) >= 11 is 5.89. The molecule has 0 aliphatic heterocycles. The van der Waals surface area contributed by atoms with Crippen LogP contribution < -0.4 is 15.1 Å². The summed E-state index contributed by atoms with van der Waals surface area (Å²) in [5.41, 5.74) is 0.312. The first-order valence-corrected chi connectivity index (χ1v) is 12.3. The van der Waals surface area contributed by atoms with Crippen LogP contribution in [-0.4, -0.2) is 32.9 Å². The van der Waals surface area contributed by atoms with Crippen LogP contribution >= 0.6 is 11.6 Å². The first-order valence-electron chi connectivity index (χ1n) is 10.4. The maximum atomic E-state index is 13.1. The molecular formula is C23H26ClN3O4S. The van der Waals surface area contributed by atoms with Crippen molar-refractivity contribution in [3.63, 3.8) is 0 Å². The van der Waals surface area contributed by atoms with Crippen LogP contribution in [0.2, 0.25) is 5.02 Å². The first-order chi connectivity index (χ1) is 15.3. The summed E-state index contributed by atoms with van der Waals surface area (Å²) < 4.78 is 27.4. The van der Waals surface area contributed by atoms with Crippen molar-refractivity contribution in [2.24, 2.45) is 0 Å². The lowest BCUT2D eigenvalue weighted by Gasteiger charge is -2.19. The molecule has 3 rings (SSSR count). The van der Waals surface area contributed by atoms with E-state index >= 15 is 0 Å². The molecule has 0 saturated heterocycles. The Labute approximate surface area is 192 Å². The van der Waals surface area contributed by atoms with Gasteiger partial charge in [0.1, 0.15) is 5.56 Å². The zero-order chi connectivity index (χ0) is 23.3. The van der Waals surface area contributed by atoms with Crippen LogP contribution in [0.3, 0.4) is 0 Å². The number of sulfonamides is 1. The number of aromatic nitrogens is 1. The number of carbonyl (C=O) groups excluding carboxylic acids is 1. The highest BCUT2D eigenvalue weighted by atomic mass is 35.5. The number of fused-ring (bicyclic) bond motifs is 1. The Morgan fingerprint density at radius 3 is 2.50 bits per heavy atom. The number of benzene rings is 2. The van der Waals surface area contributed by atoms with Crippen LogP contribution in [0, 0.1) is 0 Å². The third kappa shape index (κ3) is 5.14. The van der Waals surface area contributed by atoms with Crippen LogP contribution in [-0.2, 0) is 10.0 Å². The summed E-state index contributed by atoms with van der Waals surface area (Å²) in [5.74, 6) is -0.476. The fourth-order valence-electron chi connectivity index (χ4n) is 3.32. The summed E-state index contributed by atoms with van der Waals surface area (Å²) in [6, 6.07) is 10.6. The second kappa shape index (κ2) is 10.2. The van der Waals surface area contributed by atoms with Crippen molar-refractivity contribution in [1.29, 1.82) is 0 Å². The van der Waals surface area contributed by atoms with E-state index in [9.17, 15) is 18.0 Å². The number of rotatable bonds is 9. The van der Waals surface area contributed by atoms with Gasteiger partial charge >= 0.3 is 0 Å². The predicted molar refractivity (Wildman–Crippen MR) is 128 cm³/mol. The van der Waals surface area contributed by atoms with Crippen molar-refractivity contribution in [2.75, 3.05) is 17.9 Å². The van der Waals surface area contributed by atoms with E-state index in [0.29, 0.717) is 22.8 Å². The van der Waals surface area contributed by atoms with Crippen LogP contribution in [0.1, 0.15) is 43.0 Å². The van der Waals surface area contributed by atoms with Gasteiger partial charge in [-0.15, -0.1) is 0 Å². The largest absolute Gasteiger partial charge is 0.360 e. The number of H-pyrrole nitrogens is 1. The number of nitrogens with one attached hydrogen (secondary N) is 2. The Kier molecular flexibility index (Phi) is 7.58. The smallest absolute Gasteiger partial charge is 0.264 e. The number of aromatic amines is 1. The SMILES string of the molecule is CCCCCCNC(=O)c1c[nH]c2ccc(S(=O)(=O)N(C)c3ccc(Cl)cc3)cc2c1=O. The van der Waals surface area contributed by atoms with E-state index in [1.807, 2.05) is 0 Å². The van der Waals surface area contributed by atoms with E-state index in [4.69, 9.17) is 11.6 Å². The average Bonchev–Trinajstić information content (AvgIpc) is 2.79. The van der Waals surface area contributed by atoms with Gasteiger partial charge in [-0.2, -0.15) is 0 Å². The second-order valence-corrected chi connectivity index (χ2v) is 9.91. The predicted octanol–water partition coefficient (Wildman–Crippen LogP) is 4.32. The fourth-order valence-corrected chi connectivity index (χ4v) is 4.67. The van der Waals surface area contributed by atoms with Gasteiger partial charge in [0.25, 0.3) is 15.9 Å². The van der Waals surface area contributed by atoms with Gasteiger partial charge in [-0.05, 0) is 48.9 Å². The highest BCUT2D eigenvalue weighted by molar-refractivity contribution is 7.92. The minimum absolute atomic E-state index is 0.0476. The molecular weight excluding hydrogens is 450 g/mol. The third-order valence-corrected chi connectivity index (χ3v) is 7.29. The van der Waals surface area contributed by atoms with Gasteiger partial charge in [-0.3, -0.25) is 13.9 Å². The van der Waals surface area contributed by atoms with Crippen molar-refractivity contribution < 1.29 is 13.2 Å². The van der Waals surface area contributed by atoms with E-state index in [2.05, 4.69) is 17.2 Å². The van der Waals surface area contributed by atoms with E-state index in [0.717, 1.165) is 30.0 Å². The summed E-state index contributed by atoms with van der Waals surface area (Å²) in [6.07, 6.45) is 5.39. The highest BCUT2D eigenvalue weighted by Crippen LogP contribution is 2.25. The van der Waals surface area contributed by atoms with Crippen LogP contribution in [0.5, 0.6) is 0 Å². The molecule has 170 valence electrons. The van der Waals surface area contributed by atoms with Gasteiger partial charge in [0, 0.05) is 35.7 Å². The topological polar surface area (TPSA) is 99.3 Å². The number of carbonyl (C=O) groups is 1. The normalized spacial score (nSPS) is 11.5. The Morgan fingerprint density at radius 1 is 1.09 bits per heavy atom. The maximum absolute atomic E-state index is 13.1. The van der Waals surface area contributed by atoms with Gasteiger partial charge in [0.05, 0.1) is 10.6 Å². The molecule has 2 N–H and O–H groups in total. The number of anilines is 1. The molecule has 0 bridgehead atoms. The Hall–Kier alpha value is -2.84. The zero-order valence-corrected chi connectivity index (χ0v) is 19.6. The molecule has 1 heterocycles. The minimum Gasteiger partial charge on any atom is -0.360 e. The van der Waals surface area contributed by atoms with Gasteiger partial charge in [0.15, 0.2) is 0 Å². The Balaban J connectivity index is 1.90. The molecule has 9 heteroatoms. The minimum atomic E-state index is -3.93. The van der Waals surface area contributed by atoms with Crippen molar-refractivity contribution >= 4 is 44.1 Å². The lowest BCUT2D eigenvalue weighted by molar-refractivity contribution is 0.0951. The van der Waals surface area contributed by atoms with Gasteiger partial charge in [0.2, 0.25) is 5.43 Å². The fraction of sp³-hybridized carbons (Fsp3) is 0.304. The van der Waals surface area contributed by atoms with Crippen LogP contribution in [0.15, 0.2) is 58.4 Å². The highest BCUT2D eigenvalue weighted by Gasteiger charge is 2.23. The zero-order valence-electron chi connectivity index (χ0n) is 18.0. The Bertz CT molecular complexity index is 1270.